The highest BCUT2D eigenvalue weighted by Gasteiger charge is 2.29. The SMILES string of the molecule is CNC1c2c(Br)ccc(F)c2CSC1C. The zero-order valence-corrected chi connectivity index (χ0v) is 11.1. The number of nitrogens with one attached hydrogen (secondary N) is 1. The molecule has 2 unspecified atom stereocenters. The van der Waals surface area contributed by atoms with Crippen molar-refractivity contribution in [3.05, 3.63) is 33.5 Å². The Kier molecular flexibility index (Phi) is 3.38. The lowest BCUT2D eigenvalue weighted by atomic mass is 9.98. The topological polar surface area (TPSA) is 12.0 Å². The van der Waals surface area contributed by atoms with Crippen molar-refractivity contribution in [1.82, 2.24) is 5.32 Å². The summed E-state index contributed by atoms with van der Waals surface area (Å²) in [5, 5.41) is 3.73. The summed E-state index contributed by atoms with van der Waals surface area (Å²) in [4.78, 5) is 0. The van der Waals surface area contributed by atoms with Crippen LogP contribution >= 0.6 is 27.7 Å². The average Bonchev–Trinajstić information content (AvgIpc) is 2.23. The van der Waals surface area contributed by atoms with Crippen molar-refractivity contribution in [3.63, 3.8) is 0 Å². The highest BCUT2D eigenvalue weighted by Crippen LogP contribution is 2.41. The summed E-state index contributed by atoms with van der Waals surface area (Å²) in [6.45, 7) is 2.17. The number of hydrogen-bond donors (Lipinski definition) is 1. The van der Waals surface area contributed by atoms with Gasteiger partial charge in [-0.1, -0.05) is 22.9 Å². The molecule has 15 heavy (non-hydrogen) atoms. The quantitative estimate of drug-likeness (QED) is 0.849. The lowest BCUT2D eigenvalue weighted by Crippen LogP contribution is -2.30. The summed E-state index contributed by atoms with van der Waals surface area (Å²) in [7, 11) is 1.92. The van der Waals surface area contributed by atoms with Gasteiger partial charge >= 0.3 is 0 Å². The van der Waals surface area contributed by atoms with E-state index in [1.54, 1.807) is 17.8 Å². The third-order valence-electron chi connectivity index (χ3n) is 2.83. The van der Waals surface area contributed by atoms with Crippen LogP contribution < -0.4 is 5.32 Å². The zero-order valence-electron chi connectivity index (χ0n) is 8.68. The average molecular weight is 290 g/mol. The summed E-state index contributed by atoms with van der Waals surface area (Å²) < 4.78 is 14.6. The molecule has 0 spiro atoms. The highest BCUT2D eigenvalue weighted by atomic mass is 79.9. The molecule has 1 aromatic rings. The molecule has 1 aliphatic heterocycles. The van der Waals surface area contributed by atoms with E-state index in [4.69, 9.17) is 0 Å². The molecule has 4 heteroatoms. The first-order valence-corrected chi connectivity index (χ1v) is 6.75. The molecule has 0 amide bonds. The van der Waals surface area contributed by atoms with E-state index in [0.29, 0.717) is 5.25 Å². The van der Waals surface area contributed by atoms with Crippen molar-refractivity contribution in [2.45, 2.75) is 24.0 Å². The molecule has 2 atom stereocenters. The van der Waals surface area contributed by atoms with Gasteiger partial charge in [0.1, 0.15) is 5.82 Å². The van der Waals surface area contributed by atoms with Crippen molar-refractivity contribution in [3.8, 4) is 0 Å². The highest BCUT2D eigenvalue weighted by molar-refractivity contribution is 9.10. The lowest BCUT2D eigenvalue weighted by Gasteiger charge is -2.31. The molecule has 0 bridgehead atoms. The molecule has 1 nitrogen and oxygen atoms in total. The van der Waals surface area contributed by atoms with Crippen molar-refractivity contribution in [1.29, 1.82) is 0 Å². The lowest BCUT2D eigenvalue weighted by molar-refractivity contribution is 0.555. The normalized spacial score (nSPS) is 25.1. The van der Waals surface area contributed by atoms with Crippen LogP contribution in [0, 0.1) is 5.82 Å². The van der Waals surface area contributed by atoms with Crippen LogP contribution in [-0.4, -0.2) is 12.3 Å². The fourth-order valence-corrected chi connectivity index (χ4v) is 3.82. The molecular formula is C11H13BrFNS. The van der Waals surface area contributed by atoms with Crippen LogP contribution in [0.2, 0.25) is 0 Å². The fourth-order valence-electron chi connectivity index (χ4n) is 2.02. The second kappa shape index (κ2) is 4.44. The zero-order chi connectivity index (χ0) is 11.0. The molecule has 1 heterocycles. The van der Waals surface area contributed by atoms with Crippen molar-refractivity contribution < 1.29 is 4.39 Å². The maximum atomic E-state index is 13.6. The van der Waals surface area contributed by atoms with Crippen LogP contribution in [0.15, 0.2) is 16.6 Å². The Labute approximate surface area is 102 Å². The second-order valence-corrected chi connectivity index (χ2v) is 5.92. The van der Waals surface area contributed by atoms with E-state index in [0.717, 1.165) is 21.4 Å². The number of halogens is 2. The smallest absolute Gasteiger partial charge is 0.127 e. The van der Waals surface area contributed by atoms with E-state index in [-0.39, 0.29) is 11.9 Å². The van der Waals surface area contributed by atoms with Gasteiger partial charge in [-0.25, -0.2) is 4.39 Å². The van der Waals surface area contributed by atoms with Gasteiger partial charge in [-0.15, -0.1) is 0 Å². The van der Waals surface area contributed by atoms with Gasteiger partial charge in [0.15, 0.2) is 0 Å². The minimum absolute atomic E-state index is 0.0900. The first kappa shape index (κ1) is 11.4. The minimum Gasteiger partial charge on any atom is -0.312 e. The van der Waals surface area contributed by atoms with E-state index in [1.807, 2.05) is 7.05 Å². The van der Waals surface area contributed by atoms with E-state index >= 15 is 0 Å². The number of benzene rings is 1. The van der Waals surface area contributed by atoms with Gasteiger partial charge in [-0.3, -0.25) is 0 Å². The number of hydrogen-bond acceptors (Lipinski definition) is 2. The van der Waals surface area contributed by atoms with Crippen LogP contribution in [0.5, 0.6) is 0 Å². The molecule has 1 N–H and O–H groups in total. The molecule has 0 aliphatic carbocycles. The molecule has 0 fully saturated rings. The summed E-state index contributed by atoms with van der Waals surface area (Å²) in [5.74, 6) is 0.674. The van der Waals surface area contributed by atoms with Gasteiger partial charge in [0.25, 0.3) is 0 Å². The minimum atomic E-state index is -0.0900. The van der Waals surface area contributed by atoms with Gasteiger partial charge < -0.3 is 5.32 Å². The standard InChI is InChI=1S/C11H13BrFNS/c1-6-11(14-2)10-7(5-15-6)9(13)4-3-8(10)12/h3-4,6,11,14H,5H2,1-2H3. The summed E-state index contributed by atoms with van der Waals surface area (Å²) in [6, 6.07) is 3.55. The van der Waals surface area contributed by atoms with Gasteiger partial charge in [-0.2, -0.15) is 11.8 Å². The van der Waals surface area contributed by atoms with Gasteiger partial charge in [-0.05, 0) is 24.7 Å². The summed E-state index contributed by atoms with van der Waals surface area (Å²) >= 11 is 5.30. The fraction of sp³-hybridized carbons (Fsp3) is 0.455. The largest absolute Gasteiger partial charge is 0.312 e. The van der Waals surface area contributed by atoms with E-state index in [1.165, 1.54) is 6.07 Å². The number of rotatable bonds is 1. The third kappa shape index (κ3) is 1.95. The molecule has 0 aromatic heterocycles. The van der Waals surface area contributed by atoms with Gasteiger partial charge in [0.2, 0.25) is 0 Å². The predicted octanol–water partition coefficient (Wildman–Crippen LogP) is 3.48. The van der Waals surface area contributed by atoms with Crippen LogP contribution in [0.1, 0.15) is 24.1 Å². The molecule has 0 radical (unpaired) electrons. The van der Waals surface area contributed by atoms with Crippen LogP contribution in [0.3, 0.4) is 0 Å². The Balaban J connectivity index is 2.56. The van der Waals surface area contributed by atoms with Crippen LogP contribution in [-0.2, 0) is 5.75 Å². The first-order valence-electron chi connectivity index (χ1n) is 4.90. The van der Waals surface area contributed by atoms with Crippen molar-refractivity contribution in [2.75, 3.05) is 7.05 Å². The molecule has 0 saturated heterocycles. The Morgan fingerprint density at radius 3 is 2.93 bits per heavy atom. The molecule has 1 aliphatic rings. The molecule has 2 rings (SSSR count). The summed E-state index contributed by atoms with van der Waals surface area (Å²) in [5.41, 5.74) is 1.93. The second-order valence-electron chi connectivity index (χ2n) is 3.70. The Hall–Kier alpha value is -0.0600. The number of thioether (sulfide) groups is 1. The van der Waals surface area contributed by atoms with Crippen LogP contribution in [0.4, 0.5) is 4.39 Å². The van der Waals surface area contributed by atoms with Gasteiger partial charge in [0.05, 0.1) is 0 Å². The number of fused-ring (bicyclic) bond motifs is 1. The Bertz CT molecular complexity index is 383. The van der Waals surface area contributed by atoms with Crippen molar-refractivity contribution >= 4 is 27.7 Å². The molecular weight excluding hydrogens is 277 g/mol. The third-order valence-corrected chi connectivity index (χ3v) is 4.77. The maximum absolute atomic E-state index is 13.6. The predicted molar refractivity (Wildman–Crippen MR) is 66.7 cm³/mol. The van der Waals surface area contributed by atoms with E-state index in [2.05, 4.69) is 28.2 Å². The summed E-state index contributed by atoms with van der Waals surface area (Å²) in [6.07, 6.45) is 0. The molecule has 1 aromatic carbocycles. The first-order chi connectivity index (χ1) is 7.15. The van der Waals surface area contributed by atoms with Gasteiger partial charge in [0, 0.05) is 27.1 Å². The van der Waals surface area contributed by atoms with E-state index < -0.39 is 0 Å². The monoisotopic (exact) mass is 289 g/mol. The van der Waals surface area contributed by atoms with Crippen LogP contribution in [0.25, 0.3) is 0 Å². The molecule has 82 valence electrons. The Morgan fingerprint density at radius 1 is 1.53 bits per heavy atom. The van der Waals surface area contributed by atoms with Crippen molar-refractivity contribution in [2.24, 2.45) is 0 Å². The van der Waals surface area contributed by atoms with E-state index in [9.17, 15) is 4.39 Å². The molecule has 0 saturated carbocycles. The Morgan fingerprint density at radius 2 is 2.27 bits per heavy atom. The maximum Gasteiger partial charge on any atom is 0.127 e.